The largest absolute Gasteiger partial charge is 0.383 e. The van der Waals surface area contributed by atoms with Gasteiger partial charge in [0.25, 0.3) is 5.69 Å². The van der Waals surface area contributed by atoms with Crippen LogP contribution < -0.4 is 21.3 Å². The number of fused-ring (bicyclic) bond motifs is 1. The number of hydrogen-bond donors (Lipinski definition) is 3. The summed E-state index contributed by atoms with van der Waals surface area (Å²) in [4.78, 5) is 46.6. The first-order valence-electron chi connectivity index (χ1n) is 9.61. The van der Waals surface area contributed by atoms with Gasteiger partial charge in [-0.1, -0.05) is 6.07 Å². The van der Waals surface area contributed by atoms with Crippen LogP contribution in [0.5, 0.6) is 0 Å². The van der Waals surface area contributed by atoms with Gasteiger partial charge in [0.15, 0.2) is 0 Å². The summed E-state index contributed by atoms with van der Waals surface area (Å²) in [7, 11) is 0. The van der Waals surface area contributed by atoms with Crippen LogP contribution in [0, 0.1) is 17.0 Å². The Balaban J connectivity index is 1.64. The van der Waals surface area contributed by atoms with Crippen molar-refractivity contribution < 1.29 is 14.5 Å². The third-order valence-electron chi connectivity index (χ3n) is 5.34. The first-order valence-corrected chi connectivity index (χ1v) is 9.61. The van der Waals surface area contributed by atoms with Gasteiger partial charge in [0, 0.05) is 36.8 Å². The summed E-state index contributed by atoms with van der Waals surface area (Å²) in [6.07, 6.45) is 1.93. The fourth-order valence-corrected chi connectivity index (χ4v) is 3.78. The Kier molecular flexibility index (Phi) is 4.94. The number of benzene rings is 1. The zero-order valence-electron chi connectivity index (χ0n) is 16.3. The molecule has 0 aliphatic carbocycles. The maximum absolute atomic E-state index is 13.0. The molecule has 2 aliphatic heterocycles. The van der Waals surface area contributed by atoms with Crippen LogP contribution in [0.15, 0.2) is 18.2 Å². The van der Waals surface area contributed by atoms with E-state index in [-0.39, 0.29) is 35.3 Å². The lowest BCUT2D eigenvalue weighted by Crippen LogP contribution is -2.33. The Morgan fingerprint density at radius 2 is 2.07 bits per heavy atom. The molecule has 0 spiro atoms. The zero-order chi connectivity index (χ0) is 21.4. The van der Waals surface area contributed by atoms with Crippen molar-refractivity contribution in [2.45, 2.75) is 32.1 Å². The molecule has 1 fully saturated rings. The molecule has 3 heterocycles. The highest BCUT2D eigenvalue weighted by molar-refractivity contribution is 6.05. The molecule has 0 saturated carbocycles. The number of carbonyl (C=O) groups excluding carboxylic acids is 2. The SMILES string of the molecule is Cc1ccc(NC(=O)[C@@H]2CC(=O)Nc3nc(N4CCCC4)nc(N)c32)cc1[N+](=O)[O-]. The number of amides is 2. The molecule has 0 radical (unpaired) electrons. The van der Waals surface area contributed by atoms with E-state index in [2.05, 4.69) is 20.6 Å². The first kappa shape index (κ1) is 19.6. The first-order chi connectivity index (χ1) is 14.3. The van der Waals surface area contributed by atoms with Crippen LogP contribution in [0.1, 0.15) is 36.3 Å². The van der Waals surface area contributed by atoms with Crippen molar-refractivity contribution in [1.82, 2.24) is 9.97 Å². The van der Waals surface area contributed by atoms with Gasteiger partial charge in [0.2, 0.25) is 17.8 Å². The van der Waals surface area contributed by atoms with Gasteiger partial charge in [-0.3, -0.25) is 19.7 Å². The molecule has 1 aromatic carbocycles. The highest BCUT2D eigenvalue weighted by atomic mass is 16.6. The summed E-state index contributed by atoms with van der Waals surface area (Å²) < 4.78 is 0. The van der Waals surface area contributed by atoms with Crippen molar-refractivity contribution >= 4 is 40.8 Å². The summed E-state index contributed by atoms with van der Waals surface area (Å²) in [5.74, 6) is -0.967. The van der Waals surface area contributed by atoms with Crippen LogP contribution >= 0.6 is 0 Å². The van der Waals surface area contributed by atoms with Gasteiger partial charge in [-0.2, -0.15) is 9.97 Å². The van der Waals surface area contributed by atoms with E-state index in [1.807, 2.05) is 4.90 Å². The minimum atomic E-state index is -0.901. The maximum atomic E-state index is 13.0. The molecule has 1 saturated heterocycles. The molecule has 4 N–H and O–H groups in total. The number of aromatic nitrogens is 2. The van der Waals surface area contributed by atoms with E-state index in [0.29, 0.717) is 17.1 Å². The zero-order valence-corrected chi connectivity index (χ0v) is 16.3. The molecule has 156 valence electrons. The highest BCUT2D eigenvalue weighted by Crippen LogP contribution is 2.37. The third kappa shape index (κ3) is 3.61. The average molecular weight is 411 g/mol. The number of nitrogen functional groups attached to an aromatic ring is 1. The quantitative estimate of drug-likeness (QED) is 0.509. The molecule has 30 heavy (non-hydrogen) atoms. The molecular formula is C19H21N7O4. The molecule has 0 unspecified atom stereocenters. The number of aryl methyl sites for hydroxylation is 1. The van der Waals surface area contributed by atoms with Gasteiger partial charge in [-0.15, -0.1) is 0 Å². The lowest BCUT2D eigenvalue weighted by Gasteiger charge is -2.26. The van der Waals surface area contributed by atoms with Crippen molar-refractivity contribution in [2.75, 3.05) is 34.4 Å². The van der Waals surface area contributed by atoms with E-state index >= 15 is 0 Å². The van der Waals surface area contributed by atoms with Crippen LogP contribution in [-0.2, 0) is 9.59 Å². The normalized spacial score (nSPS) is 18.0. The van der Waals surface area contributed by atoms with Crippen LogP contribution in [0.2, 0.25) is 0 Å². The van der Waals surface area contributed by atoms with E-state index < -0.39 is 16.7 Å². The van der Waals surface area contributed by atoms with Crippen molar-refractivity contribution in [3.63, 3.8) is 0 Å². The minimum absolute atomic E-state index is 0.104. The van der Waals surface area contributed by atoms with Crippen molar-refractivity contribution in [3.8, 4) is 0 Å². The Morgan fingerprint density at radius 1 is 1.33 bits per heavy atom. The lowest BCUT2D eigenvalue weighted by atomic mass is 9.91. The summed E-state index contributed by atoms with van der Waals surface area (Å²) in [6, 6.07) is 4.41. The number of anilines is 4. The van der Waals surface area contributed by atoms with E-state index in [4.69, 9.17) is 5.73 Å². The number of nitro groups is 1. The van der Waals surface area contributed by atoms with E-state index in [0.717, 1.165) is 25.9 Å². The number of carbonyl (C=O) groups is 2. The van der Waals surface area contributed by atoms with Crippen LogP contribution in [0.4, 0.5) is 29.0 Å². The second kappa shape index (κ2) is 7.58. The Morgan fingerprint density at radius 3 is 2.77 bits per heavy atom. The number of nitrogens with two attached hydrogens (primary N) is 1. The molecule has 2 aliphatic rings. The lowest BCUT2D eigenvalue weighted by molar-refractivity contribution is -0.385. The fraction of sp³-hybridized carbons (Fsp3) is 0.368. The Hall–Kier alpha value is -3.76. The molecule has 11 nitrogen and oxygen atoms in total. The summed E-state index contributed by atoms with van der Waals surface area (Å²) in [6.45, 7) is 3.23. The molecule has 2 amide bonds. The van der Waals surface area contributed by atoms with Crippen molar-refractivity contribution in [3.05, 3.63) is 39.4 Å². The van der Waals surface area contributed by atoms with Gasteiger partial charge in [0.1, 0.15) is 11.6 Å². The minimum Gasteiger partial charge on any atom is -0.383 e. The van der Waals surface area contributed by atoms with E-state index in [1.54, 1.807) is 19.1 Å². The monoisotopic (exact) mass is 411 g/mol. The second-order valence-corrected chi connectivity index (χ2v) is 7.42. The molecule has 0 bridgehead atoms. The number of rotatable bonds is 4. The molecule has 4 rings (SSSR count). The topological polar surface area (TPSA) is 156 Å². The summed E-state index contributed by atoms with van der Waals surface area (Å²) in [5.41, 5.74) is 7.16. The van der Waals surface area contributed by atoms with Gasteiger partial charge < -0.3 is 21.3 Å². The highest BCUT2D eigenvalue weighted by Gasteiger charge is 2.35. The molecular weight excluding hydrogens is 390 g/mol. The average Bonchev–Trinajstić information content (AvgIpc) is 3.23. The maximum Gasteiger partial charge on any atom is 0.274 e. The molecule has 2 aromatic rings. The predicted molar refractivity (Wildman–Crippen MR) is 110 cm³/mol. The van der Waals surface area contributed by atoms with Gasteiger partial charge in [-0.05, 0) is 25.8 Å². The van der Waals surface area contributed by atoms with Gasteiger partial charge in [0.05, 0.1) is 16.4 Å². The van der Waals surface area contributed by atoms with Gasteiger partial charge >= 0.3 is 0 Å². The van der Waals surface area contributed by atoms with Crippen LogP contribution in [0.25, 0.3) is 0 Å². The van der Waals surface area contributed by atoms with Gasteiger partial charge in [-0.25, -0.2) is 0 Å². The number of nitro benzene ring substituents is 1. The molecule has 11 heteroatoms. The molecule has 1 atom stereocenters. The van der Waals surface area contributed by atoms with E-state index in [1.165, 1.54) is 6.07 Å². The molecule has 1 aromatic heterocycles. The smallest absolute Gasteiger partial charge is 0.274 e. The Bertz CT molecular complexity index is 1050. The third-order valence-corrected chi connectivity index (χ3v) is 5.34. The van der Waals surface area contributed by atoms with Crippen LogP contribution in [0.3, 0.4) is 0 Å². The number of hydrogen-bond acceptors (Lipinski definition) is 8. The van der Waals surface area contributed by atoms with Crippen molar-refractivity contribution in [1.29, 1.82) is 0 Å². The standard InChI is InChI=1S/C19H21N7O4/c1-10-4-5-11(8-13(10)26(29)30)21-18(28)12-9-14(27)22-17-15(12)16(20)23-19(24-17)25-6-2-3-7-25/h4-5,8,12H,2-3,6-7,9H2,1H3,(H,21,28)(H3,20,22,23,24,27)/t12-/m1/s1. The fourth-order valence-electron chi connectivity index (χ4n) is 3.78. The Labute approximate surface area is 171 Å². The number of nitrogens with one attached hydrogen (secondary N) is 2. The number of nitrogens with zero attached hydrogens (tertiary/aromatic N) is 4. The predicted octanol–water partition coefficient (Wildman–Crippen LogP) is 1.94. The summed E-state index contributed by atoms with van der Waals surface area (Å²) in [5, 5.41) is 16.5. The summed E-state index contributed by atoms with van der Waals surface area (Å²) >= 11 is 0. The second-order valence-electron chi connectivity index (χ2n) is 7.42. The van der Waals surface area contributed by atoms with Crippen LogP contribution in [-0.4, -0.2) is 39.8 Å². The van der Waals surface area contributed by atoms with Crippen molar-refractivity contribution in [2.24, 2.45) is 0 Å². The van der Waals surface area contributed by atoms with E-state index in [9.17, 15) is 19.7 Å².